The van der Waals surface area contributed by atoms with Crippen molar-refractivity contribution in [1.29, 1.82) is 5.26 Å². The van der Waals surface area contributed by atoms with Crippen molar-refractivity contribution in [3.05, 3.63) is 92.4 Å². The van der Waals surface area contributed by atoms with Crippen molar-refractivity contribution in [3.8, 4) is 17.6 Å². The summed E-state index contributed by atoms with van der Waals surface area (Å²) in [5.41, 5.74) is 1.19. The fourth-order valence-corrected chi connectivity index (χ4v) is 4.50. The van der Waals surface area contributed by atoms with Crippen LogP contribution in [-0.2, 0) is 10.1 Å². The normalized spacial score (nSPS) is 11.5. The molecule has 0 aliphatic carbocycles. The van der Waals surface area contributed by atoms with Crippen molar-refractivity contribution >= 4 is 43.4 Å². The molecule has 0 N–H and O–H groups in total. The number of hydrogen-bond donors (Lipinski definition) is 0. The van der Waals surface area contributed by atoms with Gasteiger partial charge >= 0.3 is 10.1 Å². The quantitative estimate of drug-likeness (QED) is 0.123. The van der Waals surface area contributed by atoms with Gasteiger partial charge in [-0.15, -0.1) is 0 Å². The molecule has 0 heterocycles. The molecule has 0 radical (unpaired) electrons. The predicted molar refractivity (Wildman–Crippen MR) is 126 cm³/mol. The van der Waals surface area contributed by atoms with Gasteiger partial charge in [0.15, 0.2) is 11.5 Å². The summed E-state index contributed by atoms with van der Waals surface area (Å²) in [6.45, 7) is 1.98. The third kappa shape index (κ3) is 5.77. The highest BCUT2D eigenvalue weighted by molar-refractivity contribution is 9.10. The number of nitro groups is 1. The van der Waals surface area contributed by atoms with Gasteiger partial charge in [0.25, 0.3) is 5.69 Å². The van der Waals surface area contributed by atoms with Gasteiger partial charge in [0.05, 0.1) is 27.6 Å². The monoisotopic (exact) mass is 528 g/mol. The van der Waals surface area contributed by atoms with E-state index in [0.29, 0.717) is 15.6 Å². The van der Waals surface area contributed by atoms with Crippen LogP contribution in [0.4, 0.5) is 5.69 Å². The van der Waals surface area contributed by atoms with Gasteiger partial charge in [0, 0.05) is 12.1 Å². The number of hydrogen-bond acceptors (Lipinski definition) is 7. The van der Waals surface area contributed by atoms with Crippen LogP contribution >= 0.6 is 15.9 Å². The molecule has 33 heavy (non-hydrogen) atoms. The van der Waals surface area contributed by atoms with Crippen molar-refractivity contribution in [3.63, 3.8) is 0 Å². The van der Waals surface area contributed by atoms with Crippen LogP contribution in [0.1, 0.15) is 18.1 Å². The van der Waals surface area contributed by atoms with Crippen LogP contribution < -0.4 is 8.92 Å². The van der Waals surface area contributed by atoms with E-state index in [1.54, 1.807) is 43.3 Å². The second kappa shape index (κ2) is 10.3. The van der Waals surface area contributed by atoms with E-state index in [4.69, 9.17) is 8.92 Å². The number of nitrogens with zero attached hydrogens (tertiary/aromatic N) is 2. The smallest absolute Gasteiger partial charge is 0.339 e. The molecule has 0 fully saturated rings. The molecule has 0 aromatic heterocycles. The zero-order valence-corrected chi connectivity index (χ0v) is 19.7. The van der Waals surface area contributed by atoms with Crippen molar-refractivity contribution in [2.75, 3.05) is 6.61 Å². The topological polar surface area (TPSA) is 120 Å². The lowest BCUT2D eigenvalue weighted by atomic mass is 10.0. The number of non-ortho nitro benzene ring substituents is 1. The highest BCUT2D eigenvalue weighted by Gasteiger charge is 2.22. The fraction of sp³-hybridized carbons (Fsp3) is 0.0870. The first-order valence-corrected chi connectivity index (χ1v) is 11.8. The summed E-state index contributed by atoms with van der Waals surface area (Å²) in [4.78, 5) is 10.3. The summed E-state index contributed by atoms with van der Waals surface area (Å²) >= 11 is 3.33. The molecular weight excluding hydrogens is 512 g/mol. The molecule has 10 heteroatoms. The molecule has 0 bridgehead atoms. The van der Waals surface area contributed by atoms with Gasteiger partial charge in [0.2, 0.25) is 0 Å². The number of rotatable bonds is 8. The lowest BCUT2D eigenvalue weighted by molar-refractivity contribution is -0.384. The Morgan fingerprint density at radius 3 is 2.39 bits per heavy atom. The Morgan fingerprint density at radius 2 is 1.82 bits per heavy atom. The maximum atomic E-state index is 12.7. The van der Waals surface area contributed by atoms with E-state index >= 15 is 0 Å². The Hall–Kier alpha value is -3.68. The molecule has 0 saturated heterocycles. The highest BCUT2D eigenvalue weighted by Crippen LogP contribution is 2.39. The minimum atomic E-state index is -4.10. The standard InChI is InChI=1S/C23H17BrN2O6S/c1-2-31-22-14-16(12-18(15-25)17-8-10-19(11-9-17)26(27)28)13-21(24)23(22)32-33(29,30)20-6-4-3-5-7-20/h3-14H,2H2,1H3/b18-12+. The summed E-state index contributed by atoms with van der Waals surface area (Å²) in [6, 6.07) is 18.5. The first-order chi connectivity index (χ1) is 15.7. The number of nitro benzene ring substituents is 1. The molecule has 8 nitrogen and oxygen atoms in total. The lowest BCUT2D eigenvalue weighted by Crippen LogP contribution is -2.11. The summed E-state index contributed by atoms with van der Waals surface area (Å²) in [5, 5.41) is 20.4. The maximum absolute atomic E-state index is 12.7. The minimum absolute atomic E-state index is 0.00624. The third-order valence-corrected chi connectivity index (χ3v) is 6.20. The van der Waals surface area contributed by atoms with E-state index in [1.165, 1.54) is 36.4 Å². The van der Waals surface area contributed by atoms with Crippen molar-refractivity contribution < 1.29 is 22.3 Å². The Kier molecular flexibility index (Phi) is 7.48. The molecule has 0 aliphatic heterocycles. The largest absolute Gasteiger partial charge is 0.490 e. The van der Waals surface area contributed by atoms with Crippen molar-refractivity contribution in [2.24, 2.45) is 0 Å². The third-order valence-electron chi connectivity index (χ3n) is 4.38. The Balaban J connectivity index is 2.01. The molecule has 3 aromatic rings. The van der Waals surface area contributed by atoms with Crippen molar-refractivity contribution in [2.45, 2.75) is 11.8 Å². The zero-order valence-electron chi connectivity index (χ0n) is 17.3. The summed E-state index contributed by atoms with van der Waals surface area (Å²) < 4.78 is 36.6. The summed E-state index contributed by atoms with van der Waals surface area (Å²) in [6.07, 6.45) is 1.56. The van der Waals surface area contributed by atoms with Gasteiger partial charge in [0.1, 0.15) is 4.90 Å². The molecule has 0 atom stereocenters. The number of nitriles is 1. The Bertz CT molecular complexity index is 1350. The number of benzene rings is 3. The van der Waals surface area contributed by atoms with Crippen LogP contribution in [0.15, 0.2) is 76.1 Å². The Labute approximate surface area is 199 Å². The molecule has 0 saturated carbocycles. The van der Waals surface area contributed by atoms with E-state index in [0.717, 1.165) is 0 Å². The highest BCUT2D eigenvalue weighted by atomic mass is 79.9. The molecule has 0 spiro atoms. The first kappa shape index (κ1) is 24.0. The van der Waals surface area contributed by atoms with Gasteiger partial charge in [-0.05, 0) is 76.5 Å². The van der Waals surface area contributed by atoms with Crippen LogP contribution in [0.5, 0.6) is 11.5 Å². The molecule has 3 aromatic carbocycles. The lowest BCUT2D eigenvalue weighted by Gasteiger charge is -2.14. The fourth-order valence-electron chi connectivity index (χ4n) is 2.87. The minimum Gasteiger partial charge on any atom is -0.490 e. The molecule has 0 aliphatic rings. The van der Waals surface area contributed by atoms with Gasteiger partial charge in [-0.2, -0.15) is 13.7 Å². The van der Waals surface area contributed by atoms with Crippen molar-refractivity contribution in [1.82, 2.24) is 0 Å². The molecular formula is C23H17BrN2O6S. The number of allylic oxidation sites excluding steroid dienone is 1. The van der Waals surface area contributed by atoms with Gasteiger partial charge in [-0.3, -0.25) is 10.1 Å². The van der Waals surface area contributed by atoms with E-state index in [1.807, 2.05) is 0 Å². The summed E-state index contributed by atoms with van der Waals surface area (Å²) in [5.74, 6) is 0.144. The molecule has 168 valence electrons. The van der Waals surface area contributed by atoms with E-state index < -0.39 is 15.0 Å². The maximum Gasteiger partial charge on any atom is 0.339 e. The molecule has 3 rings (SSSR count). The number of halogens is 1. The molecule has 0 amide bonds. The van der Waals surface area contributed by atoms with Gasteiger partial charge in [-0.1, -0.05) is 18.2 Å². The van der Waals surface area contributed by atoms with E-state index in [2.05, 4.69) is 22.0 Å². The first-order valence-electron chi connectivity index (χ1n) is 9.57. The summed E-state index contributed by atoms with van der Waals surface area (Å²) in [7, 11) is -4.10. The van der Waals surface area contributed by atoms with Crippen LogP contribution in [0, 0.1) is 21.4 Å². The van der Waals surface area contributed by atoms with Gasteiger partial charge in [-0.25, -0.2) is 0 Å². The SMILES string of the molecule is CCOc1cc(/C=C(\C#N)c2ccc([N+](=O)[O-])cc2)cc(Br)c1OS(=O)(=O)c1ccccc1. The Morgan fingerprint density at radius 1 is 1.15 bits per heavy atom. The van der Waals surface area contributed by atoms with Crippen LogP contribution in [0.25, 0.3) is 11.6 Å². The predicted octanol–water partition coefficient (Wildman–Crippen LogP) is 5.59. The molecule has 0 unspecified atom stereocenters. The average Bonchev–Trinajstić information content (AvgIpc) is 2.80. The van der Waals surface area contributed by atoms with Crippen LogP contribution in [0.2, 0.25) is 0 Å². The van der Waals surface area contributed by atoms with E-state index in [9.17, 15) is 23.8 Å². The van der Waals surface area contributed by atoms with E-state index in [-0.39, 0.29) is 34.3 Å². The average molecular weight is 529 g/mol. The van der Waals surface area contributed by atoms with Gasteiger partial charge < -0.3 is 8.92 Å². The van der Waals surface area contributed by atoms with Crippen LogP contribution in [0.3, 0.4) is 0 Å². The number of ether oxygens (including phenoxy) is 1. The second-order valence-corrected chi connectivity index (χ2v) is 8.99. The zero-order chi connectivity index (χ0) is 24.0. The second-order valence-electron chi connectivity index (χ2n) is 6.59. The van der Waals surface area contributed by atoms with Crippen LogP contribution in [-0.4, -0.2) is 19.9 Å².